The van der Waals surface area contributed by atoms with Gasteiger partial charge in [0.1, 0.15) is 11.5 Å². The quantitative estimate of drug-likeness (QED) is 0.790. The molecule has 0 aliphatic rings. The molecule has 104 valence electrons. The molecule has 1 aromatic carbocycles. The maximum absolute atomic E-state index is 12.4. The average molecular weight is 279 g/mol. The van der Waals surface area contributed by atoms with Gasteiger partial charge in [-0.15, -0.1) is 0 Å². The number of methoxy groups -OCH3 is 1. The number of alkyl halides is 2. The van der Waals surface area contributed by atoms with E-state index >= 15 is 0 Å². The molecule has 1 aromatic heterocycles. The molecule has 0 aliphatic heterocycles. The molecule has 0 atom stereocenters. The number of nitrogens with zero attached hydrogens (tertiary/aromatic N) is 1. The standard InChI is InChI=1S/C14H11F2NO3/c1-19-10-2-3-11(12(8-10)20-14(15)16)13(18)9-4-6-17-7-5-9/h2-8,14H,1H3. The van der Waals surface area contributed by atoms with Gasteiger partial charge in [-0.2, -0.15) is 8.78 Å². The number of hydrogen-bond acceptors (Lipinski definition) is 4. The average Bonchev–Trinajstić information content (AvgIpc) is 2.46. The largest absolute Gasteiger partial charge is 0.497 e. The first-order chi connectivity index (χ1) is 9.61. The van der Waals surface area contributed by atoms with Gasteiger partial charge in [-0.1, -0.05) is 0 Å². The normalized spacial score (nSPS) is 10.4. The Morgan fingerprint density at radius 1 is 1.20 bits per heavy atom. The summed E-state index contributed by atoms with van der Waals surface area (Å²) in [7, 11) is 1.39. The van der Waals surface area contributed by atoms with Crippen LogP contribution in [0.25, 0.3) is 0 Å². The number of rotatable bonds is 5. The first-order valence-electron chi connectivity index (χ1n) is 5.69. The summed E-state index contributed by atoms with van der Waals surface area (Å²) in [4.78, 5) is 16.1. The summed E-state index contributed by atoms with van der Waals surface area (Å²) >= 11 is 0. The maximum Gasteiger partial charge on any atom is 0.387 e. The minimum atomic E-state index is -3.02. The van der Waals surface area contributed by atoms with E-state index in [0.717, 1.165) is 0 Å². The fourth-order valence-electron chi connectivity index (χ4n) is 1.67. The zero-order chi connectivity index (χ0) is 14.5. The molecule has 4 nitrogen and oxygen atoms in total. The van der Waals surface area contributed by atoms with Crippen LogP contribution in [0.4, 0.5) is 8.78 Å². The monoisotopic (exact) mass is 279 g/mol. The Balaban J connectivity index is 2.42. The highest BCUT2D eigenvalue weighted by molar-refractivity contribution is 6.10. The molecule has 0 bridgehead atoms. The van der Waals surface area contributed by atoms with Crippen molar-refractivity contribution in [1.82, 2.24) is 4.98 Å². The lowest BCUT2D eigenvalue weighted by molar-refractivity contribution is -0.0502. The molecule has 0 radical (unpaired) electrons. The zero-order valence-corrected chi connectivity index (χ0v) is 10.5. The highest BCUT2D eigenvalue weighted by atomic mass is 19.3. The van der Waals surface area contributed by atoms with Crippen LogP contribution in [0.1, 0.15) is 15.9 Å². The van der Waals surface area contributed by atoms with E-state index in [2.05, 4.69) is 9.72 Å². The molecule has 0 amide bonds. The number of carbonyl (C=O) groups is 1. The third-order valence-electron chi connectivity index (χ3n) is 2.59. The van der Waals surface area contributed by atoms with Gasteiger partial charge < -0.3 is 9.47 Å². The number of ketones is 1. The second-order valence-corrected chi connectivity index (χ2v) is 3.81. The molecular weight excluding hydrogens is 268 g/mol. The van der Waals surface area contributed by atoms with Crippen molar-refractivity contribution in [1.29, 1.82) is 0 Å². The molecule has 2 aromatic rings. The zero-order valence-electron chi connectivity index (χ0n) is 10.5. The number of carbonyl (C=O) groups excluding carboxylic acids is 1. The van der Waals surface area contributed by atoms with Gasteiger partial charge in [-0.05, 0) is 24.3 Å². The van der Waals surface area contributed by atoms with Crippen LogP contribution < -0.4 is 9.47 Å². The Hall–Kier alpha value is -2.50. The van der Waals surface area contributed by atoms with Gasteiger partial charge in [0.25, 0.3) is 0 Å². The van der Waals surface area contributed by atoms with E-state index in [1.54, 1.807) is 0 Å². The van der Waals surface area contributed by atoms with E-state index in [4.69, 9.17) is 4.74 Å². The van der Waals surface area contributed by atoms with Crippen LogP contribution in [0.2, 0.25) is 0 Å². The van der Waals surface area contributed by atoms with Crippen molar-refractivity contribution in [3.8, 4) is 11.5 Å². The molecule has 20 heavy (non-hydrogen) atoms. The summed E-state index contributed by atoms with van der Waals surface area (Å²) in [6, 6.07) is 7.14. The lowest BCUT2D eigenvalue weighted by Crippen LogP contribution is -2.09. The number of pyridine rings is 1. The van der Waals surface area contributed by atoms with Gasteiger partial charge in [0.05, 0.1) is 12.7 Å². The molecule has 0 fully saturated rings. The third-order valence-corrected chi connectivity index (χ3v) is 2.59. The maximum atomic E-state index is 12.4. The van der Waals surface area contributed by atoms with Crippen LogP contribution in [0.15, 0.2) is 42.7 Å². The summed E-state index contributed by atoms with van der Waals surface area (Å²) in [6.45, 7) is -3.02. The third kappa shape index (κ3) is 3.09. The molecular formula is C14H11F2NO3. The van der Waals surface area contributed by atoms with E-state index in [9.17, 15) is 13.6 Å². The van der Waals surface area contributed by atoms with Crippen molar-refractivity contribution in [2.45, 2.75) is 6.61 Å². The number of aromatic nitrogens is 1. The number of hydrogen-bond donors (Lipinski definition) is 0. The highest BCUT2D eigenvalue weighted by Crippen LogP contribution is 2.28. The lowest BCUT2D eigenvalue weighted by Gasteiger charge is -2.11. The number of halogens is 2. The van der Waals surface area contributed by atoms with Crippen molar-refractivity contribution < 1.29 is 23.0 Å². The van der Waals surface area contributed by atoms with Gasteiger partial charge in [0, 0.05) is 24.0 Å². The topological polar surface area (TPSA) is 48.4 Å². The van der Waals surface area contributed by atoms with Gasteiger partial charge in [-0.3, -0.25) is 9.78 Å². The van der Waals surface area contributed by atoms with Crippen molar-refractivity contribution in [2.75, 3.05) is 7.11 Å². The van der Waals surface area contributed by atoms with Gasteiger partial charge in [-0.25, -0.2) is 0 Å². The summed E-state index contributed by atoms with van der Waals surface area (Å²) < 4.78 is 34.1. The second kappa shape index (κ2) is 6.10. The molecule has 0 aliphatic carbocycles. The Morgan fingerprint density at radius 3 is 2.50 bits per heavy atom. The number of ether oxygens (including phenoxy) is 2. The minimum absolute atomic E-state index is 0.0392. The Labute approximate surface area is 114 Å². The van der Waals surface area contributed by atoms with Crippen LogP contribution in [-0.2, 0) is 0 Å². The van der Waals surface area contributed by atoms with E-state index in [1.807, 2.05) is 0 Å². The van der Waals surface area contributed by atoms with E-state index in [0.29, 0.717) is 11.3 Å². The Bertz CT molecular complexity index is 603. The predicted molar refractivity (Wildman–Crippen MR) is 67.3 cm³/mol. The van der Waals surface area contributed by atoms with Gasteiger partial charge in [0.2, 0.25) is 0 Å². The van der Waals surface area contributed by atoms with Crippen LogP contribution in [0.5, 0.6) is 11.5 Å². The summed E-state index contributed by atoms with van der Waals surface area (Å²) in [5, 5.41) is 0. The van der Waals surface area contributed by atoms with Crippen LogP contribution in [0, 0.1) is 0 Å². The van der Waals surface area contributed by atoms with E-state index < -0.39 is 12.4 Å². The molecule has 0 unspecified atom stereocenters. The van der Waals surface area contributed by atoms with Gasteiger partial charge in [0.15, 0.2) is 5.78 Å². The molecule has 6 heteroatoms. The second-order valence-electron chi connectivity index (χ2n) is 3.81. The number of benzene rings is 1. The predicted octanol–water partition coefficient (Wildman–Crippen LogP) is 2.92. The fourth-order valence-corrected chi connectivity index (χ4v) is 1.67. The van der Waals surface area contributed by atoms with Crippen molar-refractivity contribution in [2.24, 2.45) is 0 Å². The SMILES string of the molecule is COc1ccc(C(=O)c2ccncc2)c(OC(F)F)c1. The Kier molecular flexibility index (Phi) is 4.24. The first kappa shape index (κ1) is 13.9. The molecule has 0 saturated heterocycles. The van der Waals surface area contributed by atoms with Crippen molar-refractivity contribution in [3.63, 3.8) is 0 Å². The minimum Gasteiger partial charge on any atom is -0.497 e. The molecule has 0 saturated carbocycles. The fraction of sp³-hybridized carbons (Fsp3) is 0.143. The van der Waals surface area contributed by atoms with Crippen molar-refractivity contribution >= 4 is 5.78 Å². The van der Waals surface area contributed by atoms with Crippen LogP contribution in [0.3, 0.4) is 0 Å². The van der Waals surface area contributed by atoms with Gasteiger partial charge >= 0.3 is 6.61 Å². The summed E-state index contributed by atoms with van der Waals surface area (Å²) in [5.74, 6) is -0.321. The van der Waals surface area contributed by atoms with Crippen LogP contribution in [-0.4, -0.2) is 24.5 Å². The van der Waals surface area contributed by atoms with Crippen molar-refractivity contribution in [3.05, 3.63) is 53.9 Å². The Morgan fingerprint density at radius 2 is 1.90 bits per heavy atom. The highest BCUT2D eigenvalue weighted by Gasteiger charge is 2.18. The summed E-state index contributed by atoms with van der Waals surface area (Å²) in [5.41, 5.74) is 0.376. The van der Waals surface area contributed by atoms with E-state index in [1.165, 1.54) is 49.8 Å². The van der Waals surface area contributed by atoms with Crippen LogP contribution >= 0.6 is 0 Å². The molecule has 1 heterocycles. The first-order valence-corrected chi connectivity index (χ1v) is 5.69. The smallest absolute Gasteiger partial charge is 0.387 e. The molecule has 2 rings (SSSR count). The molecule has 0 spiro atoms. The molecule has 0 N–H and O–H groups in total. The summed E-state index contributed by atoms with van der Waals surface area (Å²) in [6.07, 6.45) is 2.90. The van der Waals surface area contributed by atoms with E-state index in [-0.39, 0.29) is 11.3 Å². The lowest BCUT2D eigenvalue weighted by atomic mass is 10.0.